The van der Waals surface area contributed by atoms with Crippen LogP contribution in [0, 0.1) is 13.8 Å². The molecule has 1 aliphatic rings. The number of rotatable bonds is 11. The van der Waals surface area contributed by atoms with Crippen LogP contribution in [-0.2, 0) is 14.0 Å². The van der Waals surface area contributed by atoms with Gasteiger partial charge in [-0.1, -0.05) is 6.07 Å². The molecule has 0 aliphatic heterocycles. The second-order valence-corrected chi connectivity index (χ2v) is 11.8. The average molecular weight is 667 g/mol. The van der Waals surface area contributed by atoms with Crippen molar-refractivity contribution < 1.29 is 47.5 Å². The summed E-state index contributed by atoms with van der Waals surface area (Å²) in [6.07, 6.45) is 3.85. The molecule has 2 heterocycles. The maximum atomic E-state index is 13.4. The molecule has 17 heteroatoms. The summed E-state index contributed by atoms with van der Waals surface area (Å²) in [5.41, 5.74) is 3.20. The fraction of sp³-hybridized carbons (Fsp3) is 0.267. The van der Waals surface area contributed by atoms with Crippen LogP contribution in [0.5, 0.6) is 5.75 Å². The Hall–Kier alpha value is -5.31. The van der Waals surface area contributed by atoms with E-state index in [0.29, 0.717) is 28.1 Å². The molecule has 4 N–H and O–H groups in total. The Morgan fingerprint density at radius 3 is 2.40 bits per heavy atom. The number of imide groups is 1. The van der Waals surface area contributed by atoms with Crippen molar-refractivity contribution in [3.63, 3.8) is 0 Å². The van der Waals surface area contributed by atoms with Gasteiger partial charge in [0, 0.05) is 30.0 Å². The molecule has 1 aliphatic carbocycles. The zero-order valence-electron chi connectivity index (χ0n) is 25.5. The standard InChI is InChI=1S/C30H31N6O10P/c1-4-35(30(40)45-16-44-29(39)19-7-11-22(12-8-19)46-47(41,42)43)28(38)20-6-5-17(2)24(13-20)34-26-25-18(3)23(14-36(25)32-15-31-26)27(37)33-21-9-10-21/h5-8,11-15,21H,4,9-10,16H2,1-3H3,(H,33,37)(H,31,32,34)(H2,41,42,43). The number of ether oxygens (including phenoxy) is 2. The molecule has 47 heavy (non-hydrogen) atoms. The number of aryl methyl sites for hydroxylation is 2. The lowest BCUT2D eigenvalue weighted by atomic mass is 10.1. The van der Waals surface area contributed by atoms with Crippen LogP contribution < -0.4 is 15.2 Å². The smallest absolute Gasteiger partial charge is 0.424 e. The quantitative estimate of drug-likeness (QED) is 0.102. The number of phosphoric ester groups is 1. The van der Waals surface area contributed by atoms with Crippen LogP contribution in [0.15, 0.2) is 55.0 Å². The van der Waals surface area contributed by atoms with Crippen molar-refractivity contribution in [2.24, 2.45) is 0 Å². The van der Waals surface area contributed by atoms with Gasteiger partial charge in [-0.05, 0) is 81.1 Å². The second-order valence-electron chi connectivity index (χ2n) is 10.6. The van der Waals surface area contributed by atoms with Gasteiger partial charge in [-0.3, -0.25) is 19.4 Å². The molecule has 246 valence electrons. The van der Waals surface area contributed by atoms with Gasteiger partial charge >= 0.3 is 19.9 Å². The molecule has 0 radical (unpaired) electrons. The van der Waals surface area contributed by atoms with Crippen LogP contribution >= 0.6 is 7.82 Å². The molecule has 16 nitrogen and oxygen atoms in total. The highest BCUT2D eigenvalue weighted by atomic mass is 31.2. The maximum absolute atomic E-state index is 13.4. The van der Waals surface area contributed by atoms with Gasteiger partial charge in [0.25, 0.3) is 11.8 Å². The lowest BCUT2D eigenvalue weighted by Gasteiger charge is -2.19. The van der Waals surface area contributed by atoms with E-state index >= 15 is 0 Å². The summed E-state index contributed by atoms with van der Waals surface area (Å²) in [7, 11) is -4.76. The van der Waals surface area contributed by atoms with Gasteiger partial charge in [-0.15, -0.1) is 0 Å². The highest BCUT2D eigenvalue weighted by Gasteiger charge is 2.27. The predicted octanol–water partition coefficient (Wildman–Crippen LogP) is 3.87. The van der Waals surface area contributed by atoms with Gasteiger partial charge in [-0.2, -0.15) is 5.10 Å². The third kappa shape index (κ3) is 7.92. The Morgan fingerprint density at radius 2 is 1.74 bits per heavy atom. The molecular formula is C30H31N6O10P. The minimum atomic E-state index is -4.76. The third-order valence-corrected chi connectivity index (χ3v) is 7.64. The minimum absolute atomic E-state index is 0.00345. The van der Waals surface area contributed by atoms with E-state index in [1.54, 1.807) is 42.8 Å². The first-order chi connectivity index (χ1) is 22.3. The lowest BCUT2D eigenvalue weighted by Crippen LogP contribution is -2.37. The van der Waals surface area contributed by atoms with E-state index in [0.717, 1.165) is 35.4 Å². The van der Waals surface area contributed by atoms with Crippen LogP contribution in [-0.4, -0.2) is 72.5 Å². The van der Waals surface area contributed by atoms with Gasteiger partial charge in [0.05, 0.1) is 11.1 Å². The van der Waals surface area contributed by atoms with Crippen LogP contribution in [0.1, 0.15) is 62.0 Å². The fourth-order valence-corrected chi connectivity index (χ4v) is 4.98. The van der Waals surface area contributed by atoms with E-state index in [9.17, 15) is 23.7 Å². The first-order valence-electron chi connectivity index (χ1n) is 14.4. The summed E-state index contributed by atoms with van der Waals surface area (Å²) in [4.78, 5) is 74.1. The number of nitrogens with zero attached hydrogens (tertiary/aromatic N) is 4. The molecule has 2 aromatic carbocycles. The van der Waals surface area contributed by atoms with Gasteiger partial charge < -0.3 is 24.6 Å². The van der Waals surface area contributed by atoms with E-state index in [-0.39, 0.29) is 35.4 Å². The predicted molar refractivity (Wildman–Crippen MR) is 165 cm³/mol. The molecule has 3 amide bonds. The third-order valence-electron chi connectivity index (χ3n) is 7.19. The number of nitrogens with one attached hydrogen (secondary N) is 2. The Balaban J connectivity index is 1.24. The Kier molecular flexibility index (Phi) is 9.56. The molecule has 0 spiro atoms. The number of hydrogen-bond donors (Lipinski definition) is 4. The number of anilines is 2. The van der Waals surface area contributed by atoms with Crippen molar-refractivity contribution in [1.29, 1.82) is 0 Å². The van der Waals surface area contributed by atoms with E-state index in [1.807, 2.05) is 6.92 Å². The summed E-state index contributed by atoms with van der Waals surface area (Å²) >= 11 is 0. The number of carbonyl (C=O) groups excluding carboxylic acids is 4. The lowest BCUT2D eigenvalue weighted by molar-refractivity contribution is -0.0102. The molecular weight excluding hydrogens is 635 g/mol. The van der Waals surface area contributed by atoms with Gasteiger partial charge in [0.2, 0.25) is 6.79 Å². The SMILES string of the molecule is CCN(C(=O)OCOC(=O)c1ccc(OP(=O)(O)O)cc1)C(=O)c1ccc(C)c(Nc2ncnn3cc(C(=O)NC4CC4)c(C)c23)c1. The van der Waals surface area contributed by atoms with Gasteiger partial charge in [0.15, 0.2) is 5.82 Å². The van der Waals surface area contributed by atoms with Crippen molar-refractivity contribution >= 4 is 48.7 Å². The minimum Gasteiger partial charge on any atom is -0.424 e. The van der Waals surface area contributed by atoms with Crippen molar-refractivity contribution in [3.8, 4) is 5.75 Å². The number of aromatic nitrogens is 3. The number of esters is 1. The molecule has 0 atom stereocenters. The highest BCUT2D eigenvalue weighted by Crippen LogP contribution is 2.37. The normalized spacial score (nSPS) is 12.7. The topological polar surface area (TPSA) is 211 Å². The summed E-state index contributed by atoms with van der Waals surface area (Å²) in [5, 5.41) is 10.4. The van der Waals surface area contributed by atoms with Crippen LogP contribution in [0.3, 0.4) is 0 Å². The molecule has 0 bridgehead atoms. The number of fused-ring (bicyclic) bond motifs is 1. The molecule has 1 saturated carbocycles. The largest absolute Gasteiger partial charge is 0.524 e. The Bertz CT molecular complexity index is 1900. The number of hydrogen-bond acceptors (Lipinski definition) is 11. The molecule has 0 unspecified atom stereocenters. The average Bonchev–Trinajstić information content (AvgIpc) is 3.77. The van der Waals surface area contributed by atoms with Gasteiger partial charge in [0.1, 0.15) is 17.6 Å². The first kappa shape index (κ1) is 33.1. The zero-order chi connectivity index (χ0) is 33.9. The summed E-state index contributed by atoms with van der Waals surface area (Å²) < 4.78 is 26.9. The molecule has 4 aromatic rings. The second kappa shape index (κ2) is 13.6. The molecule has 5 rings (SSSR count). The van der Waals surface area contributed by atoms with Crippen molar-refractivity contribution in [1.82, 2.24) is 24.8 Å². The van der Waals surface area contributed by atoms with E-state index < -0.39 is 32.6 Å². The van der Waals surface area contributed by atoms with E-state index in [2.05, 4.69) is 25.2 Å². The maximum Gasteiger partial charge on any atom is 0.524 e. The number of amides is 3. The van der Waals surface area contributed by atoms with Crippen molar-refractivity contribution in [2.45, 2.75) is 39.7 Å². The Morgan fingerprint density at radius 1 is 1.04 bits per heavy atom. The van der Waals surface area contributed by atoms with Crippen LogP contribution in [0.25, 0.3) is 5.52 Å². The molecule has 1 fully saturated rings. The summed E-state index contributed by atoms with van der Waals surface area (Å²) in [5.74, 6) is -1.50. The summed E-state index contributed by atoms with van der Waals surface area (Å²) in [6.45, 7) is 4.35. The van der Waals surface area contributed by atoms with Crippen LogP contribution in [0.2, 0.25) is 0 Å². The van der Waals surface area contributed by atoms with Gasteiger partial charge in [-0.25, -0.2) is 28.6 Å². The zero-order valence-corrected chi connectivity index (χ0v) is 26.4. The fourth-order valence-electron chi connectivity index (χ4n) is 4.58. The first-order valence-corrected chi connectivity index (χ1v) is 15.9. The number of carbonyl (C=O) groups is 4. The number of phosphoric acid groups is 1. The highest BCUT2D eigenvalue weighted by molar-refractivity contribution is 7.46. The van der Waals surface area contributed by atoms with Crippen molar-refractivity contribution in [3.05, 3.63) is 82.8 Å². The Labute approximate surface area is 267 Å². The monoisotopic (exact) mass is 666 g/mol. The van der Waals surface area contributed by atoms with Crippen molar-refractivity contribution in [2.75, 3.05) is 18.7 Å². The summed E-state index contributed by atoms with van der Waals surface area (Å²) in [6, 6.07) is 9.72. The van der Waals surface area contributed by atoms with E-state index in [4.69, 9.17) is 19.3 Å². The number of benzene rings is 2. The molecule has 2 aromatic heterocycles. The molecule has 0 saturated heterocycles. The van der Waals surface area contributed by atoms with Crippen LogP contribution in [0.4, 0.5) is 16.3 Å². The van der Waals surface area contributed by atoms with E-state index in [1.165, 1.54) is 18.5 Å².